The van der Waals surface area contributed by atoms with Gasteiger partial charge in [0, 0.05) is 11.1 Å². The molecule has 1 heterocycles. The SMILES string of the molecule is CCCCCCCCCc1cncs1. The smallest absolute Gasteiger partial charge is 0.0794 e. The molecule has 1 rings (SSSR count). The van der Waals surface area contributed by atoms with Crippen molar-refractivity contribution in [3.8, 4) is 0 Å². The minimum Gasteiger partial charge on any atom is -0.253 e. The molecule has 0 aromatic carbocycles. The van der Waals surface area contributed by atoms with Crippen molar-refractivity contribution in [2.24, 2.45) is 0 Å². The number of unbranched alkanes of at least 4 members (excludes halogenated alkanes) is 6. The Hall–Kier alpha value is -0.370. The summed E-state index contributed by atoms with van der Waals surface area (Å²) in [5.41, 5.74) is 1.93. The summed E-state index contributed by atoms with van der Waals surface area (Å²) in [6, 6.07) is 0. The summed E-state index contributed by atoms with van der Waals surface area (Å²) >= 11 is 1.78. The summed E-state index contributed by atoms with van der Waals surface area (Å²) in [4.78, 5) is 5.52. The van der Waals surface area contributed by atoms with Gasteiger partial charge in [-0.1, -0.05) is 45.4 Å². The van der Waals surface area contributed by atoms with Gasteiger partial charge in [0.1, 0.15) is 0 Å². The molecule has 0 bridgehead atoms. The van der Waals surface area contributed by atoms with Gasteiger partial charge in [0.2, 0.25) is 0 Å². The number of thiazole rings is 1. The number of aromatic nitrogens is 1. The van der Waals surface area contributed by atoms with Gasteiger partial charge < -0.3 is 0 Å². The number of hydrogen-bond donors (Lipinski definition) is 0. The van der Waals surface area contributed by atoms with Gasteiger partial charge in [0.15, 0.2) is 0 Å². The Balaban J connectivity index is 1.85. The third-order valence-electron chi connectivity index (χ3n) is 2.51. The molecule has 0 radical (unpaired) electrons. The van der Waals surface area contributed by atoms with Gasteiger partial charge in [-0.3, -0.25) is 4.98 Å². The molecule has 80 valence electrons. The van der Waals surface area contributed by atoms with Gasteiger partial charge in [-0.25, -0.2) is 0 Å². The van der Waals surface area contributed by atoms with Crippen LogP contribution in [0.25, 0.3) is 0 Å². The van der Waals surface area contributed by atoms with E-state index in [9.17, 15) is 0 Å². The van der Waals surface area contributed by atoms with E-state index < -0.39 is 0 Å². The summed E-state index contributed by atoms with van der Waals surface area (Å²) < 4.78 is 0. The first-order chi connectivity index (χ1) is 6.93. The van der Waals surface area contributed by atoms with Crippen LogP contribution in [0.4, 0.5) is 0 Å². The molecule has 1 aromatic heterocycles. The van der Waals surface area contributed by atoms with E-state index in [0.29, 0.717) is 0 Å². The van der Waals surface area contributed by atoms with Crippen LogP contribution in [0.5, 0.6) is 0 Å². The molecule has 0 fully saturated rings. The largest absolute Gasteiger partial charge is 0.253 e. The van der Waals surface area contributed by atoms with E-state index in [-0.39, 0.29) is 0 Å². The predicted octanol–water partition coefficient (Wildman–Crippen LogP) is 4.44. The third-order valence-corrected chi connectivity index (χ3v) is 3.35. The normalized spacial score (nSPS) is 10.6. The summed E-state index contributed by atoms with van der Waals surface area (Å²) in [6.45, 7) is 2.27. The van der Waals surface area contributed by atoms with E-state index in [2.05, 4.69) is 11.9 Å². The number of rotatable bonds is 8. The minimum absolute atomic E-state index is 1.23. The fourth-order valence-electron chi connectivity index (χ4n) is 1.62. The first-order valence-corrected chi connectivity index (χ1v) is 6.69. The zero-order valence-electron chi connectivity index (χ0n) is 9.17. The average molecular weight is 211 g/mol. The van der Waals surface area contributed by atoms with Crippen LogP contribution < -0.4 is 0 Å². The molecule has 14 heavy (non-hydrogen) atoms. The molecular formula is C12H21NS. The number of nitrogens with zero attached hydrogens (tertiary/aromatic N) is 1. The molecule has 0 spiro atoms. The van der Waals surface area contributed by atoms with E-state index in [0.717, 1.165) is 0 Å². The van der Waals surface area contributed by atoms with Gasteiger partial charge in [0.25, 0.3) is 0 Å². The second-order valence-electron chi connectivity index (χ2n) is 3.84. The lowest BCUT2D eigenvalue weighted by Crippen LogP contribution is -1.83. The highest BCUT2D eigenvalue weighted by Gasteiger charge is 1.94. The Morgan fingerprint density at radius 1 is 1.07 bits per heavy atom. The highest BCUT2D eigenvalue weighted by Crippen LogP contribution is 2.12. The molecule has 0 unspecified atom stereocenters. The zero-order valence-corrected chi connectivity index (χ0v) is 9.98. The number of hydrogen-bond acceptors (Lipinski definition) is 2. The van der Waals surface area contributed by atoms with Crippen LogP contribution in [0.3, 0.4) is 0 Å². The third kappa shape index (κ3) is 5.38. The van der Waals surface area contributed by atoms with Crippen LogP contribution in [0.15, 0.2) is 11.7 Å². The van der Waals surface area contributed by atoms with Crippen molar-refractivity contribution in [3.63, 3.8) is 0 Å². The van der Waals surface area contributed by atoms with Crippen molar-refractivity contribution in [2.75, 3.05) is 0 Å². The quantitative estimate of drug-likeness (QED) is 0.579. The minimum atomic E-state index is 1.23. The Morgan fingerprint density at radius 2 is 1.79 bits per heavy atom. The molecule has 1 aromatic rings. The molecule has 0 aliphatic heterocycles. The molecule has 0 amide bonds. The molecule has 1 nitrogen and oxygen atoms in total. The van der Waals surface area contributed by atoms with Crippen LogP contribution in [-0.2, 0) is 6.42 Å². The van der Waals surface area contributed by atoms with Crippen molar-refractivity contribution in [2.45, 2.75) is 58.3 Å². The van der Waals surface area contributed by atoms with Crippen molar-refractivity contribution < 1.29 is 0 Å². The maximum atomic E-state index is 4.08. The Kier molecular flexibility index (Phi) is 6.67. The maximum absolute atomic E-state index is 4.08. The lowest BCUT2D eigenvalue weighted by atomic mass is 10.1. The lowest BCUT2D eigenvalue weighted by Gasteiger charge is -1.99. The highest BCUT2D eigenvalue weighted by molar-refractivity contribution is 7.09. The first-order valence-electron chi connectivity index (χ1n) is 5.81. The summed E-state index contributed by atoms with van der Waals surface area (Å²) in [5.74, 6) is 0. The van der Waals surface area contributed by atoms with Gasteiger partial charge >= 0.3 is 0 Å². The van der Waals surface area contributed by atoms with E-state index in [1.54, 1.807) is 11.3 Å². The van der Waals surface area contributed by atoms with Crippen LogP contribution in [-0.4, -0.2) is 4.98 Å². The van der Waals surface area contributed by atoms with Crippen LogP contribution in [0.2, 0.25) is 0 Å². The zero-order chi connectivity index (χ0) is 10.1. The Bertz CT molecular complexity index is 206. The molecule has 0 aliphatic rings. The Morgan fingerprint density at radius 3 is 2.43 bits per heavy atom. The summed E-state index contributed by atoms with van der Waals surface area (Å²) in [7, 11) is 0. The summed E-state index contributed by atoms with van der Waals surface area (Å²) in [5, 5.41) is 0. The molecule has 2 heteroatoms. The second-order valence-corrected chi connectivity index (χ2v) is 4.81. The van der Waals surface area contributed by atoms with Crippen molar-refractivity contribution in [3.05, 3.63) is 16.6 Å². The van der Waals surface area contributed by atoms with Gasteiger partial charge in [-0.15, -0.1) is 11.3 Å². The van der Waals surface area contributed by atoms with E-state index in [1.807, 2.05) is 11.7 Å². The van der Waals surface area contributed by atoms with Gasteiger partial charge in [-0.05, 0) is 12.8 Å². The predicted molar refractivity (Wildman–Crippen MR) is 63.8 cm³/mol. The van der Waals surface area contributed by atoms with Gasteiger partial charge in [-0.2, -0.15) is 0 Å². The van der Waals surface area contributed by atoms with Crippen LogP contribution in [0.1, 0.15) is 56.7 Å². The van der Waals surface area contributed by atoms with E-state index in [4.69, 9.17) is 0 Å². The topological polar surface area (TPSA) is 12.9 Å². The summed E-state index contributed by atoms with van der Waals surface area (Å²) in [6.07, 6.45) is 13.0. The molecule has 0 saturated heterocycles. The van der Waals surface area contributed by atoms with Crippen molar-refractivity contribution in [1.82, 2.24) is 4.98 Å². The lowest BCUT2D eigenvalue weighted by molar-refractivity contribution is 0.590. The fraction of sp³-hybridized carbons (Fsp3) is 0.750. The first kappa shape index (κ1) is 11.7. The van der Waals surface area contributed by atoms with Crippen LogP contribution >= 0.6 is 11.3 Å². The van der Waals surface area contributed by atoms with Gasteiger partial charge in [0.05, 0.1) is 5.51 Å². The molecular weight excluding hydrogens is 190 g/mol. The molecule has 0 N–H and O–H groups in total. The second kappa shape index (κ2) is 7.98. The molecule has 0 aliphatic carbocycles. The number of aryl methyl sites for hydroxylation is 1. The fourth-order valence-corrected chi connectivity index (χ4v) is 2.26. The van der Waals surface area contributed by atoms with Crippen LogP contribution in [0, 0.1) is 0 Å². The highest BCUT2D eigenvalue weighted by atomic mass is 32.1. The van der Waals surface area contributed by atoms with E-state index >= 15 is 0 Å². The average Bonchev–Trinajstić information content (AvgIpc) is 2.69. The molecule has 0 atom stereocenters. The maximum Gasteiger partial charge on any atom is 0.0794 e. The van der Waals surface area contributed by atoms with E-state index in [1.165, 1.54) is 56.2 Å². The van der Waals surface area contributed by atoms with Crippen molar-refractivity contribution >= 4 is 11.3 Å². The monoisotopic (exact) mass is 211 g/mol. The standard InChI is InChI=1S/C12H21NS/c1-2-3-4-5-6-7-8-9-12-10-13-11-14-12/h10-11H,2-9H2,1H3. The Labute approximate surface area is 91.6 Å². The van der Waals surface area contributed by atoms with Crippen molar-refractivity contribution in [1.29, 1.82) is 0 Å². The molecule has 0 saturated carbocycles.